The molecule has 0 bridgehead atoms. The number of carbonyl (C=O) groups excluding carboxylic acids is 2. The van der Waals surface area contributed by atoms with Crippen molar-refractivity contribution in [2.75, 3.05) is 33.7 Å². The van der Waals surface area contributed by atoms with Crippen molar-refractivity contribution in [3.63, 3.8) is 0 Å². The number of nitrogens with one attached hydrogen (secondary N) is 1. The zero-order valence-corrected chi connectivity index (χ0v) is 23.0. The average Bonchev–Trinajstić information content (AvgIpc) is 3.29. The van der Waals surface area contributed by atoms with Crippen LogP contribution in [0.1, 0.15) is 46.8 Å². The predicted molar refractivity (Wildman–Crippen MR) is 141 cm³/mol. The van der Waals surface area contributed by atoms with Gasteiger partial charge in [0.25, 0.3) is 11.5 Å². The van der Waals surface area contributed by atoms with Gasteiger partial charge in [-0.3, -0.25) is 9.69 Å². The summed E-state index contributed by atoms with van der Waals surface area (Å²) in [6.07, 6.45) is -4.71. The van der Waals surface area contributed by atoms with Gasteiger partial charge in [-0.15, -0.1) is 0 Å². The molecule has 1 N–H and O–H groups in total. The Morgan fingerprint density at radius 1 is 1.13 bits per heavy atom. The fourth-order valence-corrected chi connectivity index (χ4v) is 4.67. The van der Waals surface area contributed by atoms with E-state index in [1.165, 1.54) is 18.2 Å². The third-order valence-electron chi connectivity index (χ3n) is 6.17. The van der Waals surface area contributed by atoms with E-state index >= 15 is 0 Å². The normalized spacial score (nSPS) is 17.3. The van der Waals surface area contributed by atoms with Gasteiger partial charge in [0.1, 0.15) is 0 Å². The quantitative estimate of drug-likeness (QED) is 0.393. The van der Waals surface area contributed by atoms with Crippen molar-refractivity contribution in [2.24, 2.45) is 5.16 Å². The Labute approximate surface area is 229 Å². The number of alkyl halides is 3. The van der Waals surface area contributed by atoms with Crippen molar-refractivity contribution in [3.05, 3.63) is 68.7 Å². The summed E-state index contributed by atoms with van der Waals surface area (Å²) in [7, 11) is 3.85. The molecule has 0 spiro atoms. The molecule has 0 aromatic heterocycles. The molecule has 12 heteroatoms. The Morgan fingerprint density at radius 3 is 2.34 bits per heavy atom. The van der Waals surface area contributed by atoms with Gasteiger partial charge in [0.15, 0.2) is 0 Å². The first kappa shape index (κ1) is 29.7. The van der Waals surface area contributed by atoms with Gasteiger partial charge in [-0.05, 0) is 82.4 Å². The van der Waals surface area contributed by atoms with Crippen LogP contribution in [0.5, 0.6) is 0 Å². The summed E-state index contributed by atoms with van der Waals surface area (Å²) in [4.78, 5) is 33.8. The topological polar surface area (TPSA) is 74.2 Å². The Morgan fingerprint density at radius 2 is 1.79 bits per heavy atom. The van der Waals surface area contributed by atoms with E-state index in [2.05, 4.69) is 10.5 Å². The lowest BCUT2D eigenvalue weighted by Gasteiger charge is -2.29. The van der Waals surface area contributed by atoms with Crippen molar-refractivity contribution < 1.29 is 27.6 Å². The highest BCUT2D eigenvalue weighted by atomic mass is 35.5. The molecule has 0 radical (unpaired) electrons. The number of imide groups is 1. The third-order valence-corrected chi connectivity index (χ3v) is 6.61. The minimum Gasteiger partial charge on any atom is -0.374 e. The summed E-state index contributed by atoms with van der Waals surface area (Å²) in [6.45, 7) is 4.68. The van der Waals surface area contributed by atoms with E-state index in [1.54, 1.807) is 19.9 Å². The number of nitrogens with zero attached hydrogens (tertiary/aromatic N) is 3. The summed E-state index contributed by atoms with van der Waals surface area (Å²) in [6, 6.07) is 7.63. The molecule has 2 aromatic rings. The lowest BCUT2D eigenvalue weighted by molar-refractivity contribution is -0.275. The van der Waals surface area contributed by atoms with E-state index in [9.17, 15) is 22.8 Å². The maximum absolute atomic E-state index is 14.3. The van der Waals surface area contributed by atoms with Crippen LogP contribution in [0.3, 0.4) is 0 Å². The fourth-order valence-electron chi connectivity index (χ4n) is 4.14. The summed E-state index contributed by atoms with van der Waals surface area (Å²) in [5, 5.41) is 6.57. The lowest BCUT2D eigenvalue weighted by Crippen LogP contribution is -2.44. The highest BCUT2D eigenvalue weighted by Gasteiger charge is 2.62. The van der Waals surface area contributed by atoms with Crippen LogP contribution in [0.2, 0.25) is 10.0 Å². The molecular weight excluding hydrogens is 544 g/mol. The molecule has 206 valence electrons. The molecule has 1 heterocycles. The molecule has 0 saturated heterocycles. The number of benzene rings is 2. The third kappa shape index (κ3) is 6.42. The molecule has 1 aliphatic heterocycles. The molecule has 38 heavy (non-hydrogen) atoms. The van der Waals surface area contributed by atoms with Crippen LogP contribution in [0.15, 0.2) is 41.6 Å². The van der Waals surface area contributed by atoms with Gasteiger partial charge in [-0.2, -0.15) is 13.2 Å². The minimum absolute atomic E-state index is 0.0362. The number of amides is 3. The van der Waals surface area contributed by atoms with Crippen LogP contribution in [0.25, 0.3) is 0 Å². The number of rotatable bonds is 8. The van der Waals surface area contributed by atoms with E-state index in [4.69, 9.17) is 28.0 Å². The molecule has 7 nitrogen and oxygen atoms in total. The first-order valence-corrected chi connectivity index (χ1v) is 12.7. The molecule has 1 atom stereocenters. The Kier molecular flexibility index (Phi) is 9.33. The average molecular weight is 573 g/mol. The molecule has 1 aliphatic rings. The maximum Gasteiger partial charge on any atom is 0.435 e. The molecule has 0 aliphatic carbocycles. The Hall–Kier alpha value is -2.82. The SMILES string of the molecule is CCN(C(=O)NCCCN(C)C)C(=O)c1ccc(C2=NOC(c3cc(Cl)cc(Cl)c3)(C(F)(F)F)C2)cc1C. The van der Waals surface area contributed by atoms with Crippen LogP contribution in [-0.4, -0.2) is 67.4 Å². The summed E-state index contributed by atoms with van der Waals surface area (Å²) in [5.41, 5.74) is -1.89. The zero-order chi connectivity index (χ0) is 28.3. The summed E-state index contributed by atoms with van der Waals surface area (Å²) < 4.78 is 42.8. The highest BCUT2D eigenvalue weighted by Crippen LogP contribution is 2.49. The van der Waals surface area contributed by atoms with Crippen LogP contribution in [0, 0.1) is 6.92 Å². The second kappa shape index (κ2) is 11.9. The fraction of sp³-hybridized carbons (Fsp3) is 0.423. The number of urea groups is 1. The van der Waals surface area contributed by atoms with Crippen molar-refractivity contribution in [1.82, 2.24) is 15.1 Å². The maximum atomic E-state index is 14.3. The molecule has 3 rings (SSSR count). The van der Waals surface area contributed by atoms with Gasteiger partial charge < -0.3 is 15.1 Å². The van der Waals surface area contributed by atoms with E-state index in [1.807, 2.05) is 19.0 Å². The van der Waals surface area contributed by atoms with E-state index in [0.29, 0.717) is 17.7 Å². The highest BCUT2D eigenvalue weighted by molar-refractivity contribution is 6.34. The van der Waals surface area contributed by atoms with E-state index in [0.717, 1.165) is 30.0 Å². The van der Waals surface area contributed by atoms with Gasteiger partial charge in [-0.25, -0.2) is 4.79 Å². The second-order valence-corrected chi connectivity index (χ2v) is 10.1. The summed E-state index contributed by atoms with van der Waals surface area (Å²) in [5.74, 6) is -0.510. The number of halogens is 5. The van der Waals surface area contributed by atoms with Crippen molar-refractivity contribution in [1.29, 1.82) is 0 Å². The van der Waals surface area contributed by atoms with Gasteiger partial charge in [0.2, 0.25) is 0 Å². The molecule has 2 aromatic carbocycles. The smallest absolute Gasteiger partial charge is 0.374 e. The first-order chi connectivity index (χ1) is 17.8. The number of hydrogen-bond acceptors (Lipinski definition) is 5. The van der Waals surface area contributed by atoms with Crippen LogP contribution < -0.4 is 5.32 Å². The van der Waals surface area contributed by atoms with Gasteiger partial charge in [0.05, 0.1) is 5.71 Å². The number of oxime groups is 1. The standard InChI is InChI=1S/C26H29Cl2F3N4O3/c1-5-35(24(37)32-9-6-10-34(3)4)23(36)21-8-7-17(11-16(21)2)22-15-25(38-33-22,26(29,30)31)18-12-19(27)14-20(28)13-18/h7-8,11-14H,5-6,9-10,15H2,1-4H3,(H,32,37). The molecular formula is C26H29Cl2F3N4O3. The molecule has 1 unspecified atom stereocenters. The van der Waals surface area contributed by atoms with Crippen molar-refractivity contribution >= 4 is 40.9 Å². The van der Waals surface area contributed by atoms with Crippen LogP contribution >= 0.6 is 23.2 Å². The largest absolute Gasteiger partial charge is 0.435 e. The van der Waals surface area contributed by atoms with E-state index < -0.39 is 30.1 Å². The van der Waals surface area contributed by atoms with Crippen LogP contribution in [0.4, 0.5) is 18.0 Å². The minimum atomic E-state index is -4.82. The van der Waals surface area contributed by atoms with E-state index in [-0.39, 0.29) is 33.4 Å². The van der Waals surface area contributed by atoms with Crippen LogP contribution in [-0.2, 0) is 10.4 Å². The Bertz CT molecular complexity index is 1220. The monoisotopic (exact) mass is 572 g/mol. The lowest BCUT2D eigenvalue weighted by atomic mass is 9.86. The van der Waals surface area contributed by atoms with Gasteiger partial charge in [-0.1, -0.05) is 34.4 Å². The molecule has 3 amide bonds. The van der Waals surface area contributed by atoms with Crippen molar-refractivity contribution in [2.45, 2.75) is 38.5 Å². The first-order valence-electron chi connectivity index (χ1n) is 11.9. The second-order valence-electron chi connectivity index (χ2n) is 9.26. The number of aryl methyl sites for hydroxylation is 1. The number of carbonyl (C=O) groups is 2. The number of hydrogen-bond donors (Lipinski definition) is 1. The molecule has 0 fully saturated rings. The molecule has 0 saturated carbocycles. The van der Waals surface area contributed by atoms with Gasteiger partial charge >= 0.3 is 12.2 Å². The van der Waals surface area contributed by atoms with Crippen molar-refractivity contribution in [3.8, 4) is 0 Å². The Balaban J connectivity index is 1.80. The predicted octanol–water partition coefficient (Wildman–Crippen LogP) is 6.01. The zero-order valence-electron chi connectivity index (χ0n) is 21.5. The van der Waals surface area contributed by atoms with Gasteiger partial charge in [0, 0.05) is 40.7 Å². The summed E-state index contributed by atoms with van der Waals surface area (Å²) >= 11 is 11.9.